The monoisotopic (exact) mass is 343 g/mol. The van der Waals surface area contributed by atoms with E-state index in [2.05, 4.69) is 48.1 Å². The van der Waals surface area contributed by atoms with E-state index in [4.69, 9.17) is 9.15 Å². The van der Waals surface area contributed by atoms with E-state index in [9.17, 15) is 0 Å². The van der Waals surface area contributed by atoms with Gasteiger partial charge in [0.25, 0.3) is 5.78 Å². The maximum atomic E-state index is 6.02. The Bertz CT molecular complexity index is 847. The Hall–Kier alpha value is -2.41. The van der Waals surface area contributed by atoms with Gasteiger partial charge in [0.15, 0.2) is 0 Å². The zero-order valence-electron chi connectivity index (χ0n) is 15.4. The van der Waals surface area contributed by atoms with Crippen molar-refractivity contribution in [2.24, 2.45) is 5.41 Å². The van der Waals surface area contributed by atoms with E-state index in [1.165, 1.54) is 6.33 Å². The molecule has 7 nitrogen and oxygen atoms in total. The van der Waals surface area contributed by atoms with Gasteiger partial charge in [0.1, 0.15) is 23.7 Å². The highest BCUT2D eigenvalue weighted by molar-refractivity contribution is 5.46. The van der Waals surface area contributed by atoms with Gasteiger partial charge < -0.3 is 14.5 Å². The molecule has 25 heavy (non-hydrogen) atoms. The molecule has 0 aliphatic heterocycles. The van der Waals surface area contributed by atoms with Gasteiger partial charge in [-0.3, -0.25) is 0 Å². The van der Waals surface area contributed by atoms with E-state index in [1.807, 2.05) is 18.2 Å². The lowest BCUT2D eigenvalue weighted by molar-refractivity contribution is 0.181. The Kier molecular flexibility index (Phi) is 4.76. The van der Waals surface area contributed by atoms with E-state index in [1.54, 1.807) is 11.6 Å². The van der Waals surface area contributed by atoms with E-state index in [0.29, 0.717) is 12.4 Å². The topological polar surface area (TPSA) is 77.5 Å². The SMILES string of the molecule is CCc1ccc(C(Nc2cc(COC)nc3ncnn23)C(C)(C)C)o1. The van der Waals surface area contributed by atoms with Crippen LogP contribution in [0.25, 0.3) is 5.78 Å². The number of methoxy groups -OCH3 is 1. The molecule has 0 saturated heterocycles. The minimum Gasteiger partial charge on any atom is -0.464 e. The van der Waals surface area contributed by atoms with Crippen LogP contribution in [-0.4, -0.2) is 26.7 Å². The minimum absolute atomic E-state index is 0.0296. The van der Waals surface area contributed by atoms with Crippen LogP contribution >= 0.6 is 0 Å². The van der Waals surface area contributed by atoms with Gasteiger partial charge in [-0.15, -0.1) is 0 Å². The molecule has 0 saturated carbocycles. The molecule has 3 heterocycles. The smallest absolute Gasteiger partial charge is 0.254 e. The third-order valence-corrected chi connectivity index (χ3v) is 4.07. The summed E-state index contributed by atoms with van der Waals surface area (Å²) in [6.45, 7) is 9.03. The second-order valence-corrected chi connectivity index (χ2v) is 7.14. The number of aromatic nitrogens is 4. The predicted octanol–water partition coefficient (Wildman–Crippen LogP) is 3.63. The number of furan rings is 1. The first-order chi connectivity index (χ1) is 11.9. The van der Waals surface area contributed by atoms with Crippen molar-refractivity contribution in [3.8, 4) is 0 Å². The molecule has 0 bridgehead atoms. The Morgan fingerprint density at radius 2 is 2.12 bits per heavy atom. The summed E-state index contributed by atoms with van der Waals surface area (Å²) in [5.74, 6) is 3.23. The maximum Gasteiger partial charge on any atom is 0.254 e. The number of hydrogen-bond donors (Lipinski definition) is 1. The highest BCUT2D eigenvalue weighted by atomic mass is 16.5. The highest BCUT2D eigenvalue weighted by Gasteiger charge is 2.30. The van der Waals surface area contributed by atoms with E-state index in [-0.39, 0.29) is 11.5 Å². The average molecular weight is 343 g/mol. The molecule has 3 aromatic heterocycles. The first-order valence-electron chi connectivity index (χ1n) is 8.46. The van der Waals surface area contributed by atoms with Crippen molar-refractivity contribution in [1.29, 1.82) is 0 Å². The fourth-order valence-electron chi connectivity index (χ4n) is 2.79. The van der Waals surface area contributed by atoms with Gasteiger partial charge in [0, 0.05) is 19.6 Å². The minimum atomic E-state index is -0.0690. The number of rotatable bonds is 6. The lowest BCUT2D eigenvalue weighted by Gasteiger charge is -2.30. The second kappa shape index (κ2) is 6.84. The number of aryl methyl sites for hydroxylation is 1. The fraction of sp³-hybridized carbons (Fsp3) is 0.500. The normalized spacial score (nSPS) is 13.3. The molecule has 1 atom stereocenters. The van der Waals surface area contributed by atoms with Gasteiger partial charge in [-0.25, -0.2) is 4.98 Å². The van der Waals surface area contributed by atoms with Gasteiger partial charge in [-0.2, -0.15) is 14.6 Å². The molecule has 0 spiro atoms. The largest absolute Gasteiger partial charge is 0.464 e. The molecular formula is C18H25N5O2. The molecule has 0 amide bonds. The van der Waals surface area contributed by atoms with Crippen molar-refractivity contribution in [2.75, 3.05) is 12.4 Å². The van der Waals surface area contributed by atoms with Crippen LogP contribution in [0, 0.1) is 5.41 Å². The van der Waals surface area contributed by atoms with Gasteiger partial charge in [0.05, 0.1) is 18.3 Å². The third kappa shape index (κ3) is 3.66. The summed E-state index contributed by atoms with van der Waals surface area (Å²) in [4.78, 5) is 8.65. The van der Waals surface area contributed by atoms with Crippen LogP contribution in [0.2, 0.25) is 0 Å². The summed E-state index contributed by atoms with van der Waals surface area (Å²) in [7, 11) is 1.65. The number of ether oxygens (including phenoxy) is 1. The van der Waals surface area contributed by atoms with Crippen LogP contribution in [0.1, 0.15) is 51.0 Å². The van der Waals surface area contributed by atoms with Gasteiger partial charge >= 0.3 is 0 Å². The van der Waals surface area contributed by atoms with Crippen LogP contribution in [0.5, 0.6) is 0 Å². The Morgan fingerprint density at radius 3 is 2.76 bits per heavy atom. The Balaban J connectivity index is 2.02. The van der Waals surface area contributed by atoms with Crippen LogP contribution in [0.4, 0.5) is 5.82 Å². The summed E-state index contributed by atoms with van der Waals surface area (Å²) in [5, 5.41) is 7.85. The number of anilines is 1. The Labute approximate surface area is 147 Å². The number of nitrogens with one attached hydrogen (secondary N) is 1. The van der Waals surface area contributed by atoms with E-state index >= 15 is 0 Å². The van der Waals surface area contributed by atoms with Crippen molar-refractivity contribution in [2.45, 2.75) is 46.8 Å². The summed E-state index contributed by atoms with van der Waals surface area (Å²) in [6, 6.07) is 5.98. The summed E-state index contributed by atoms with van der Waals surface area (Å²) in [6.07, 6.45) is 2.37. The van der Waals surface area contributed by atoms with E-state index < -0.39 is 0 Å². The molecule has 0 aliphatic rings. The third-order valence-electron chi connectivity index (χ3n) is 4.07. The highest BCUT2D eigenvalue weighted by Crippen LogP contribution is 2.36. The van der Waals surface area contributed by atoms with Crippen LogP contribution in [-0.2, 0) is 17.8 Å². The summed E-state index contributed by atoms with van der Waals surface area (Å²) in [5.41, 5.74) is 0.729. The van der Waals surface area contributed by atoms with Crippen LogP contribution in [0.15, 0.2) is 28.9 Å². The van der Waals surface area contributed by atoms with Crippen LogP contribution < -0.4 is 5.32 Å². The zero-order chi connectivity index (χ0) is 18.0. The molecule has 3 aromatic rings. The molecule has 134 valence electrons. The van der Waals surface area contributed by atoms with Gasteiger partial charge in [-0.1, -0.05) is 27.7 Å². The molecule has 0 fully saturated rings. The molecule has 3 rings (SSSR count). The van der Waals surface area contributed by atoms with E-state index in [0.717, 1.165) is 29.5 Å². The first-order valence-corrected chi connectivity index (χ1v) is 8.46. The molecular weight excluding hydrogens is 318 g/mol. The molecule has 0 aromatic carbocycles. The van der Waals surface area contributed by atoms with Crippen molar-refractivity contribution < 1.29 is 9.15 Å². The number of hydrogen-bond acceptors (Lipinski definition) is 6. The van der Waals surface area contributed by atoms with Crippen molar-refractivity contribution in [1.82, 2.24) is 19.6 Å². The van der Waals surface area contributed by atoms with Crippen LogP contribution in [0.3, 0.4) is 0 Å². The average Bonchev–Trinajstić information content (AvgIpc) is 3.20. The first kappa shape index (κ1) is 17.4. The number of fused-ring (bicyclic) bond motifs is 1. The predicted molar refractivity (Wildman–Crippen MR) is 95.4 cm³/mol. The fourth-order valence-corrected chi connectivity index (χ4v) is 2.79. The van der Waals surface area contributed by atoms with Gasteiger partial charge in [-0.05, 0) is 17.5 Å². The summed E-state index contributed by atoms with van der Waals surface area (Å²) < 4.78 is 12.9. The quantitative estimate of drug-likeness (QED) is 0.736. The zero-order valence-corrected chi connectivity index (χ0v) is 15.4. The lowest BCUT2D eigenvalue weighted by Crippen LogP contribution is -2.26. The second-order valence-electron chi connectivity index (χ2n) is 7.14. The molecule has 0 radical (unpaired) electrons. The van der Waals surface area contributed by atoms with Gasteiger partial charge in [0.2, 0.25) is 0 Å². The van der Waals surface area contributed by atoms with Crippen molar-refractivity contribution >= 4 is 11.6 Å². The maximum absolute atomic E-state index is 6.02. The molecule has 7 heteroatoms. The molecule has 1 unspecified atom stereocenters. The molecule has 1 N–H and O–H groups in total. The standard InChI is InChI=1S/C18H25N5O2/c1-6-13-7-8-14(25-13)16(18(2,3)4)22-15-9-12(10-24-5)21-17-19-11-20-23(15)17/h7-9,11,16,22H,6,10H2,1-5H3. The van der Waals surface area contributed by atoms with Crippen molar-refractivity contribution in [3.05, 3.63) is 41.7 Å². The molecule has 0 aliphatic carbocycles. The Morgan fingerprint density at radius 1 is 1.32 bits per heavy atom. The number of nitrogens with zero attached hydrogens (tertiary/aromatic N) is 4. The van der Waals surface area contributed by atoms with Crippen molar-refractivity contribution in [3.63, 3.8) is 0 Å². The lowest BCUT2D eigenvalue weighted by atomic mass is 9.85. The summed E-state index contributed by atoms with van der Waals surface area (Å²) >= 11 is 0.